The number of benzene rings is 1. The molecule has 0 spiro atoms. The number of aryl methyl sites for hydroxylation is 1. The summed E-state index contributed by atoms with van der Waals surface area (Å²) < 4.78 is 25.9. The van der Waals surface area contributed by atoms with Gasteiger partial charge in [0.15, 0.2) is 0 Å². The highest BCUT2D eigenvalue weighted by Crippen LogP contribution is 2.38. The van der Waals surface area contributed by atoms with E-state index in [0.29, 0.717) is 51.3 Å². The number of hydrogen-bond acceptors (Lipinski definition) is 4. The fourth-order valence-corrected chi connectivity index (χ4v) is 5.17. The normalized spacial score (nSPS) is 23.4. The number of halogens is 1. The molecule has 0 N–H and O–H groups in total. The van der Waals surface area contributed by atoms with Gasteiger partial charge in [-0.2, -0.15) is 0 Å². The van der Waals surface area contributed by atoms with Crippen molar-refractivity contribution in [2.45, 2.75) is 77.1 Å². The van der Waals surface area contributed by atoms with E-state index in [1.807, 2.05) is 43.6 Å². The smallest absolute Gasteiger partial charge is 0.410 e. The highest BCUT2D eigenvalue weighted by molar-refractivity contribution is 5.78. The number of amides is 3. The molecule has 182 valence electrons. The fraction of sp³-hybridized carbons (Fsp3) is 0.680. The predicted octanol–water partition coefficient (Wildman–Crippen LogP) is 4.49. The predicted molar refractivity (Wildman–Crippen MR) is 122 cm³/mol. The number of hydrogen-bond donors (Lipinski definition) is 0. The zero-order valence-electron chi connectivity index (χ0n) is 20.2. The van der Waals surface area contributed by atoms with Crippen molar-refractivity contribution in [2.24, 2.45) is 0 Å². The average Bonchev–Trinajstić information content (AvgIpc) is 3.12. The van der Waals surface area contributed by atoms with E-state index in [4.69, 9.17) is 9.47 Å². The summed E-state index contributed by atoms with van der Waals surface area (Å²) >= 11 is 0. The molecule has 0 radical (unpaired) electrons. The van der Waals surface area contributed by atoms with E-state index in [2.05, 4.69) is 0 Å². The van der Waals surface area contributed by atoms with Crippen LogP contribution in [0.15, 0.2) is 18.2 Å². The summed E-state index contributed by atoms with van der Waals surface area (Å²) in [6.07, 6.45) is 2.59. The van der Waals surface area contributed by atoms with Crippen molar-refractivity contribution in [1.82, 2.24) is 14.7 Å². The van der Waals surface area contributed by atoms with Crippen molar-refractivity contribution in [3.63, 3.8) is 0 Å². The topological polar surface area (TPSA) is 62.3 Å². The van der Waals surface area contributed by atoms with Gasteiger partial charge in [-0.05, 0) is 59.4 Å². The summed E-state index contributed by atoms with van der Waals surface area (Å²) in [7, 11) is 0. The molecule has 1 aromatic rings. The van der Waals surface area contributed by atoms with Gasteiger partial charge in [-0.25, -0.2) is 14.0 Å². The molecule has 4 rings (SSSR count). The molecule has 3 amide bonds. The molecule has 8 heteroatoms. The number of rotatable bonds is 3. The van der Waals surface area contributed by atoms with Crippen LogP contribution < -0.4 is 0 Å². The van der Waals surface area contributed by atoms with E-state index >= 15 is 0 Å². The molecular formula is C25H36FN3O4. The minimum absolute atomic E-state index is 0.0245. The van der Waals surface area contributed by atoms with Crippen LogP contribution >= 0.6 is 0 Å². The monoisotopic (exact) mass is 461 g/mol. The third-order valence-corrected chi connectivity index (χ3v) is 6.82. The van der Waals surface area contributed by atoms with Crippen LogP contribution in [-0.4, -0.2) is 77.4 Å². The minimum atomic E-state index is -0.545. The zero-order valence-corrected chi connectivity index (χ0v) is 20.2. The molecule has 0 saturated carbocycles. The summed E-state index contributed by atoms with van der Waals surface area (Å²) in [5.41, 5.74) is 1.01. The molecule has 1 aromatic carbocycles. The standard InChI is InChI=1S/C25H36FN3O4/c1-17-5-6-21(26)20(15-17)22-16-28(18-9-13-32-14-10-18)23(30)29(22)19-7-11-27(12-8-19)24(31)33-25(2,3)4/h5-6,15,18-19,22H,7-14,16H2,1-4H3. The highest BCUT2D eigenvalue weighted by atomic mass is 19.1. The number of piperidine rings is 1. The average molecular weight is 462 g/mol. The van der Waals surface area contributed by atoms with Gasteiger partial charge in [-0.3, -0.25) is 0 Å². The van der Waals surface area contributed by atoms with Crippen LogP contribution in [0.4, 0.5) is 14.0 Å². The van der Waals surface area contributed by atoms with Gasteiger partial charge < -0.3 is 24.2 Å². The van der Waals surface area contributed by atoms with Crippen LogP contribution in [0, 0.1) is 12.7 Å². The first-order valence-electron chi connectivity index (χ1n) is 12.0. The Balaban J connectivity index is 1.54. The molecule has 1 unspecified atom stereocenters. The molecule has 1 atom stereocenters. The van der Waals surface area contributed by atoms with Gasteiger partial charge in [0, 0.05) is 50.5 Å². The minimum Gasteiger partial charge on any atom is -0.444 e. The third kappa shape index (κ3) is 5.26. The van der Waals surface area contributed by atoms with Crippen molar-refractivity contribution in [3.8, 4) is 0 Å². The number of likely N-dealkylation sites (tertiary alicyclic amines) is 1. The Morgan fingerprint density at radius 2 is 1.76 bits per heavy atom. The van der Waals surface area contributed by atoms with Crippen LogP contribution in [0.1, 0.15) is 63.6 Å². The van der Waals surface area contributed by atoms with Gasteiger partial charge in [0.2, 0.25) is 0 Å². The number of urea groups is 1. The maximum absolute atomic E-state index is 14.9. The summed E-state index contributed by atoms with van der Waals surface area (Å²) in [5, 5.41) is 0. The van der Waals surface area contributed by atoms with Crippen LogP contribution in [0.3, 0.4) is 0 Å². The molecule has 0 bridgehead atoms. The van der Waals surface area contributed by atoms with Gasteiger partial charge in [0.1, 0.15) is 11.4 Å². The molecule has 3 saturated heterocycles. The summed E-state index contributed by atoms with van der Waals surface area (Å²) in [5.74, 6) is -0.275. The Kier molecular flexibility index (Phi) is 6.84. The second kappa shape index (κ2) is 9.49. The maximum atomic E-state index is 14.9. The Hall–Kier alpha value is -2.35. The fourth-order valence-electron chi connectivity index (χ4n) is 5.17. The van der Waals surface area contributed by atoms with Crippen molar-refractivity contribution in [2.75, 3.05) is 32.8 Å². The van der Waals surface area contributed by atoms with Gasteiger partial charge in [0.05, 0.1) is 6.04 Å². The Labute approximate surface area is 195 Å². The number of nitrogens with zero attached hydrogens (tertiary/aromatic N) is 3. The van der Waals surface area contributed by atoms with Crippen molar-refractivity contribution < 1.29 is 23.5 Å². The van der Waals surface area contributed by atoms with E-state index in [0.717, 1.165) is 18.4 Å². The highest BCUT2D eigenvalue weighted by Gasteiger charge is 2.46. The molecule has 33 heavy (non-hydrogen) atoms. The molecule has 3 aliphatic heterocycles. The number of carbonyl (C=O) groups is 2. The maximum Gasteiger partial charge on any atom is 0.410 e. The number of ether oxygens (including phenoxy) is 2. The molecule has 0 aromatic heterocycles. The van der Waals surface area contributed by atoms with Crippen molar-refractivity contribution >= 4 is 12.1 Å². The first-order valence-corrected chi connectivity index (χ1v) is 12.0. The zero-order chi connectivity index (χ0) is 23.8. The van der Waals surface area contributed by atoms with Gasteiger partial charge in [0.25, 0.3) is 0 Å². The summed E-state index contributed by atoms with van der Waals surface area (Å²) in [4.78, 5) is 31.7. The van der Waals surface area contributed by atoms with Crippen molar-refractivity contribution in [3.05, 3.63) is 35.1 Å². The van der Waals surface area contributed by atoms with Crippen molar-refractivity contribution in [1.29, 1.82) is 0 Å². The quantitative estimate of drug-likeness (QED) is 0.665. The van der Waals surface area contributed by atoms with E-state index in [1.165, 1.54) is 6.07 Å². The van der Waals surface area contributed by atoms with Gasteiger partial charge in [-0.1, -0.05) is 17.7 Å². The first kappa shape index (κ1) is 23.8. The lowest BCUT2D eigenvalue weighted by molar-refractivity contribution is 0.0156. The summed E-state index contributed by atoms with van der Waals surface area (Å²) in [6, 6.07) is 4.83. The molecule has 0 aliphatic carbocycles. The molecule has 7 nitrogen and oxygen atoms in total. The third-order valence-electron chi connectivity index (χ3n) is 6.82. The number of carbonyl (C=O) groups excluding carboxylic acids is 2. The van der Waals surface area contributed by atoms with Gasteiger partial charge >= 0.3 is 12.1 Å². The van der Waals surface area contributed by atoms with E-state index in [9.17, 15) is 14.0 Å². The molecule has 3 heterocycles. The lowest BCUT2D eigenvalue weighted by Crippen LogP contribution is -2.50. The second-order valence-electron chi connectivity index (χ2n) is 10.4. The Morgan fingerprint density at radius 3 is 2.39 bits per heavy atom. The lowest BCUT2D eigenvalue weighted by atomic mass is 9.98. The largest absolute Gasteiger partial charge is 0.444 e. The summed E-state index contributed by atoms with van der Waals surface area (Å²) in [6.45, 7) is 10.3. The SMILES string of the molecule is Cc1ccc(F)c(C2CN(C3CCOCC3)C(=O)N2C2CCN(C(=O)OC(C)(C)C)CC2)c1. The van der Waals surface area contributed by atoms with E-state index in [1.54, 1.807) is 11.0 Å². The molecular weight excluding hydrogens is 425 g/mol. The lowest BCUT2D eigenvalue weighted by Gasteiger charge is -2.39. The second-order valence-corrected chi connectivity index (χ2v) is 10.4. The van der Waals surface area contributed by atoms with Gasteiger partial charge in [-0.15, -0.1) is 0 Å². The van der Waals surface area contributed by atoms with Crippen LogP contribution in [0.2, 0.25) is 0 Å². The van der Waals surface area contributed by atoms with Crippen LogP contribution in [0.25, 0.3) is 0 Å². The van der Waals surface area contributed by atoms with Crippen LogP contribution in [0.5, 0.6) is 0 Å². The van der Waals surface area contributed by atoms with E-state index in [-0.39, 0.29) is 36.1 Å². The Bertz CT molecular complexity index is 873. The molecule has 3 fully saturated rings. The first-order chi connectivity index (χ1) is 15.6. The van der Waals surface area contributed by atoms with E-state index < -0.39 is 5.60 Å². The molecule has 3 aliphatic rings. The Morgan fingerprint density at radius 1 is 1.09 bits per heavy atom. The van der Waals surface area contributed by atoms with Crippen LogP contribution in [-0.2, 0) is 9.47 Å².